The molecule has 1 aromatic carbocycles. The lowest BCUT2D eigenvalue weighted by atomic mass is 10.0. The Balaban J connectivity index is 2.41. The lowest BCUT2D eigenvalue weighted by molar-refractivity contribution is 0.519. The van der Waals surface area contributed by atoms with E-state index in [0.29, 0.717) is 0 Å². The van der Waals surface area contributed by atoms with E-state index in [2.05, 4.69) is 59.4 Å². The third-order valence-corrected chi connectivity index (χ3v) is 3.12. The first-order valence-corrected chi connectivity index (χ1v) is 6.05. The molecule has 0 unspecified atom stereocenters. The van der Waals surface area contributed by atoms with Gasteiger partial charge in [-0.05, 0) is 30.2 Å². The Morgan fingerprint density at radius 1 is 1.14 bits per heavy atom. The number of halogens is 1. The molecule has 0 bridgehead atoms. The highest BCUT2D eigenvalue weighted by atomic mass is 79.9. The molecule has 1 N–H and O–H groups in total. The summed E-state index contributed by atoms with van der Waals surface area (Å²) in [4.78, 5) is 0. The Kier molecular flexibility index (Phi) is 5.02. The molecule has 0 saturated carbocycles. The van der Waals surface area contributed by atoms with E-state index in [9.17, 15) is 0 Å². The van der Waals surface area contributed by atoms with Crippen molar-refractivity contribution in [2.75, 3.05) is 11.9 Å². The van der Waals surface area contributed by atoms with E-state index in [4.69, 9.17) is 0 Å². The Hall–Kier alpha value is -0.500. The van der Waals surface area contributed by atoms with Crippen molar-refractivity contribution in [2.24, 2.45) is 5.92 Å². The molecule has 14 heavy (non-hydrogen) atoms. The highest BCUT2D eigenvalue weighted by molar-refractivity contribution is 9.10. The first-order valence-electron chi connectivity index (χ1n) is 5.25. The molecule has 1 nitrogen and oxygen atoms in total. The quantitative estimate of drug-likeness (QED) is 0.828. The van der Waals surface area contributed by atoms with Crippen LogP contribution in [0.2, 0.25) is 0 Å². The minimum Gasteiger partial charge on any atom is -0.385 e. The fourth-order valence-electron chi connectivity index (χ4n) is 1.41. The van der Waals surface area contributed by atoms with Gasteiger partial charge in [0.1, 0.15) is 0 Å². The second-order valence-electron chi connectivity index (χ2n) is 3.57. The van der Waals surface area contributed by atoms with E-state index in [1.807, 2.05) is 0 Å². The lowest BCUT2D eigenvalue weighted by Crippen LogP contribution is -2.12. The first kappa shape index (κ1) is 11.6. The largest absolute Gasteiger partial charge is 0.385 e. The molecule has 0 heterocycles. The number of hydrogen-bond donors (Lipinski definition) is 1. The van der Waals surface area contributed by atoms with Gasteiger partial charge in [-0.15, -0.1) is 0 Å². The van der Waals surface area contributed by atoms with Crippen LogP contribution in [0, 0.1) is 5.92 Å². The van der Waals surface area contributed by atoms with Crippen LogP contribution in [0.25, 0.3) is 0 Å². The maximum absolute atomic E-state index is 3.45. The summed E-state index contributed by atoms with van der Waals surface area (Å²) in [6, 6.07) is 8.34. The standard InChI is InChI=1S/C12H18BrN/c1-3-10(4-2)9-14-12-7-5-11(13)6-8-12/h5-8,10,14H,3-4,9H2,1-2H3. The molecule has 1 aromatic rings. The van der Waals surface area contributed by atoms with Gasteiger partial charge >= 0.3 is 0 Å². The average molecular weight is 256 g/mol. The third kappa shape index (κ3) is 3.70. The highest BCUT2D eigenvalue weighted by Crippen LogP contribution is 2.15. The number of anilines is 1. The Bertz CT molecular complexity index is 252. The maximum Gasteiger partial charge on any atom is 0.0341 e. The van der Waals surface area contributed by atoms with Crippen LogP contribution >= 0.6 is 15.9 Å². The molecule has 2 heteroatoms. The highest BCUT2D eigenvalue weighted by Gasteiger charge is 2.02. The van der Waals surface area contributed by atoms with Gasteiger partial charge in [-0.25, -0.2) is 0 Å². The molecule has 0 spiro atoms. The van der Waals surface area contributed by atoms with Crippen molar-refractivity contribution < 1.29 is 0 Å². The lowest BCUT2D eigenvalue weighted by Gasteiger charge is -2.14. The summed E-state index contributed by atoms with van der Waals surface area (Å²) in [6.45, 7) is 5.57. The first-order chi connectivity index (χ1) is 6.76. The van der Waals surface area contributed by atoms with E-state index >= 15 is 0 Å². The summed E-state index contributed by atoms with van der Waals surface area (Å²) < 4.78 is 1.13. The van der Waals surface area contributed by atoms with Gasteiger partial charge in [0, 0.05) is 16.7 Å². The number of rotatable bonds is 5. The van der Waals surface area contributed by atoms with Crippen LogP contribution in [-0.4, -0.2) is 6.54 Å². The molecule has 0 aliphatic rings. The fraction of sp³-hybridized carbons (Fsp3) is 0.500. The van der Waals surface area contributed by atoms with Gasteiger partial charge in [0.2, 0.25) is 0 Å². The van der Waals surface area contributed by atoms with Crippen molar-refractivity contribution in [3.8, 4) is 0 Å². The molecule has 0 saturated heterocycles. The normalized spacial score (nSPS) is 10.6. The zero-order chi connectivity index (χ0) is 10.4. The zero-order valence-corrected chi connectivity index (χ0v) is 10.5. The van der Waals surface area contributed by atoms with Gasteiger partial charge < -0.3 is 5.32 Å². The van der Waals surface area contributed by atoms with Gasteiger partial charge in [-0.1, -0.05) is 42.6 Å². The molecular formula is C12H18BrN. The molecule has 0 aliphatic heterocycles. The minimum absolute atomic E-state index is 0.790. The van der Waals surface area contributed by atoms with Gasteiger partial charge in [-0.3, -0.25) is 0 Å². The van der Waals surface area contributed by atoms with E-state index in [1.165, 1.54) is 18.5 Å². The molecule has 0 radical (unpaired) electrons. The Labute approximate surface area is 95.0 Å². The number of nitrogens with one attached hydrogen (secondary N) is 1. The molecule has 78 valence electrons. The van der Waals surface area contributed by atoms with Crippen molar-refractivity contribution in [2.45, 2.75) is 26.7 Å². The third-order valence-electron chi connectivity index (χ3n) is 2.59. The van der Waals surface area contributed by atoms with Crippen LogP contribution in [0.5, 0.6) is 0 Å². The van der Waals surface area contributed by atoms with Crippen LogP contribution in [0.4, 0.5) is 5.69 Å². The van der Waals surface area contributed by atoms with Gasteiger partial charge in [0.05, 0.1) is 0 Å². The summed E-state index contributed by atoms with van der Waals surface area (Å²) in [5.74, 6) is 0.790. The predicted molar refractivity (Wildman–Crippen MR) is 66.7 cm³/mol. The van der Waals surface area contributed by atoms with Crippen molar-refractivity contribution >= 4 is 21.6 Å². The molecule has 0 atom stereocenters. The van der Waals surface area contributed by atoms with Crippen LogP contribution in [0.1, 0.15) is 26.7 Å². The summed E-state index contributed by atoms with van der Waals surface area (Å²) in [7, 11) is 0. The monoisotopic (exact) mass is 255 g/mol. The van der Waals surface area contributed by atoms with Gasteiger partial charge in [-0.2, -0.15) is 0 Å². The molecule has 0 aromatic heterocycles. The SMILES string of the molecule is CCC(CC)CNc1ccc(Br)cc1. The topological polar surface area (TPSA) is 12.0 Å². The summed E-state index contributed by atoms with van der Waals surface area (Å²) in [6.07, 6.45) is 2.50. The van der Waals surface area contributed by atoms with Crippen LogP contribution in [0.3, 0.4) is 0 Å². The average Bonchev–Trinajstić information content (AvgIpc) is 2.22. The van der Waals surface area contributed by atoms with E-state index in [-0.39, 0.29) is 0 Å². The molecule has 0 aliphatic carbocycles. The van der Waals surface area contributed by atoms with E-state index < -0.39 is 0 Å². The summed E-state index contributed by atoms with van der Waals surface area (Å²) in [5.41, 5.74) is 1.21. The van der Waals surface area contributed by atoms with Crippen molar-refractivity contribution in [1.82, 2.24) is 0 Å². The smallest absolute Gasteiger partial charge is 0.0341 e. The molecule has 1 rings (SSSR count). The minimum atomic E-state index is 0.790. The molecular weight excluding hydrogens is 238 g/mol. The number of benzene rings is 1. The Morgan fingerprint density at radius 2 is 1.71 bits per heavy atom. The van der Waals surface area contributed by atoms with Crippen molar-refractivity contribution in [1.29, 1.82) is 0 Å². The second-order valence-corrected chi connectivity index (χ2v) is 4.49. The van der Waals surface area contributed by atoms with E-state index in [0.717, 1.165) is 16.9 Å². The fourth-order valence-corrected chi connectivity index (χ4v) is 1.67. The Morgan fingerprint density at radius 3 is 2.21 bits per heavy atom. The van der Waals surface area contributed by atoms with Crippen LogP contribution in [-0.2, 0) is 0 Å². The summed E-state index contributed by atoms with van der Waals surface area (Å²) in [5, 5.41) is 3.45. The molecule has 0 amide bonds. The van der Waals surface area contributed by atoms with Gasteiger partial charge in [0.25, 0.3) is 0 Å². The second kappa shape index (κ2) is 6.07. The van der Waals surface area contributed by atoms with Crippen LogP contribution < -0.4 is 5.32 Å². The maximum atomic E-state index is 3.45. The zero-order valence-electron chi connectivity index (χ0n) is 8.89. The van der Waals surface area contributed by atoms with Gasteiger partial charge in [0.15, 0.2) is 0 Å². The van der Waals surface area contributed by atoms with E-state index in [1.54, 1.807) is 0 Å². The summed E-state index contributed by atoms with van der Waals surface area (Å²) >= 11 is 3.43. The predicted octanol–water partition coefficient (Wildman–Crippen LogP) is 4.30. The van der Waals surface area contributed by atoms with Crippen LogP contribution in [0.15, 0.2) is 28.7 Å². The molecule has 0 fully saturated rings. The van der Waals surface area contributed by atoms with Crippen molar-refractivity contribution in [3.63, 3.8) is 0 Å². The van der Waals surface area contributed by atoms with Crippen molar-refractivity contribution in [3.05, 3.63) is 28.7 Å². The number of hydrogen-bond acceptors (Lipinski definition) is 1.